The lowest BCUT2D eigenvalue weighted by molar-refractivity contribution is -0.121. The summed E-state index contributed by atoms with van der Waals surface area (Å²) in [5.74, 6) is 0.199. The lowest BCUT2D eigenvalue weighted by atomic mass is 10.2. The van der Waals surface area contributed by atoms with E-state index in [0.29, 0.717) is 16.5 Å². The number of amides is 1. The van der Waals surface area contributed by atoms with Gasteiger partial charge in [-0.3, -0.25) is 9.10 Å². The van der Waals surface area contributed by atoms with Crippen molar-refractivity contribution in [1.82, 2.24) is 5.32 Å². The van der Waals surface area contributed by atoms with Crippen molar-refractivity contribution in [2.45, 2.75) is 19.9 Å². The summed E-state index contributed by atoms with van der Waals surface area (Å²) in [6.07, 6.45) is 1.08. The minimum atomic E-state index is -3.62. The van der Waals surface area contributed by atoms with Crippen LogP contribution in [-0.2, 0) is 14.8 Å². The molecule has 1 atom stereocenters. The molecule has 0 radical (unpaired) electrons. The number of aryl methyl sites for hydroxylation is 1. The van der Waals surface area contributed by atoms with Crippen LogP contribution in [0.1, 0.15) is 12.5 Å². The van der Waals surface area contributed by atoms with Crippen LogP contribution in [0.25, 0.3) is 0 Å². The van der Waals surface area contributed by atoms with Gasteiger partial charge in [-0.1, -0.05) is 35.9 Å². The van der Waals surface area contributed by atoms with E-state index in [2.05, 4.69) is 5.32 Å². The van der Waals surface area contributed by atoms with Crippen molar-refractivity contribution in [3.05, 3.63) is 59.1 Å². The predicted octanol–water partition coefficient (Wildman–Crippen LogP) is 3.00. The summed E-state index contributed by atoms with van der Waals surface area (Å²) in [5, 5.41) is 3.31. The first kappa shape index (κ1) is 21.1. The third kappa shape index (κ3) is 5.87. The number of sulfonamides is 1. The van der Waals surface area contributed by atoms with E-state index in [9.17, 15) is 13.2 Å². The van der Waals surface area contributed by atoms with Gasteiger partial charge in [0.25, 0.3) is 0 Å². The van der Waals surface area contributed by atoms with Crippen LogP contribution in [0.5, 0.6) is 5.75 Å². The highest BCUT2D eigenvalue weighted by atomic mass is 35.5. The molecule has 0 fully saturated rings. The van der Waals surface area contributed by atoms with Crippen molar-refractivity contribution in [3.8, 4) is 5.75 Å². The molecule has 8 heteroatoms. The Bertz CT molecular complexity index is 888. The zero-order valence-corrected chi connectivity index (χ0v) is 17.0. The number of hydrogen-bond acceptors (Lipinski definition) is 4. The number of nitrogens with zero attached hydrogens (tertiary/aromatic N) is 1. The minimum absolute atomic E-state index is 0.237. The van der Waals surface area contributed by atoms with Gasteiger partial charge in [0.1, 0.15) is 18.4 Å². The van der Waals surface area contributed by atoms with Crippen molar-refractivity contribution in [2.75, 3.05) is 23.7 Å². The average molecular weight is 411 g/mol. The molecule has 146 valence electrons. The fraction of sp³-hybridized carbons (Fsp3) is 0.316. The Kier molecular flexibility index (Phi) is 7.10. The monoisotopic (exact) mass is 410 g/mol. The summed E-state index contributed by atoms with van der Waals surface area (Å²) in [5.41, 5.74) is 1.39. The molecule has 2 aromatic rings. The van der Waals surface area contributed by atoms with Crippen molar-refractivity contribution in [1.29, 1.82) is 0 Å². The molecule has 0 aliphatic carbocycles. The number of benzene rings is 2. The second kappa shape index (κ2) is 9.10. The van der Waals surface area contributed by atoms with Crippen molar-refractivity contribution >= 4 is 33.2 Å². The molecule has 0 saturated heterocycles. The summed E-state index contributed by atoms with van der Waals surface area (Å²) in [7, 11) is -3.62. The molecule has 0 unspecified atom stereocenters. The number of ether oxygens (including phenoxy) is 1. The summed E-state index contributed by atoms with van der Waals surface area (Å²) in [6.45, 7) is 3.92. The van der Waals surface area contributed by atoms with Gasteiger partial charge in [-0.25, -0.2) is 8.42 Å². The number of carbonyl (C=O) groups is 1. The first-order chi connectivity index (χ1) is 12.7. The maximum absolute atomic E-state index is 12.4. The van der Waals surface area contributed by atoms with Gasteiger partial charge in [0.05, 0.1) is 18.5 Å². The molecule has 0 aromatic heterocycles. The van der Waals surface area contributed by atoms with E-state index < -0.39 is 22.0 Å². The largest absolute Gasteiger partial charge is 0.492 e. The van der Waals surface area contributed by atoms with Crippen molar-refractivity contribution in [3.63, 3.8) is 0 Å². The molecular formula is C19H23ClN2O4S. The molecule has 2 aromatic carbocycles. The number of rotatable bonds is 8. The lowest BCUT2D eigenvalue weighted by Crippen LogP contribution is -2.48. The number of hydrogen-bond donors (Lipinski definition) is 1. The van der Waals surface area contributed by atoms with E-state index in [1.54, 1.807) is 49.4 Å². The normalized spacial score (nSPS) is 12.3. The van der Waals surface area contributed by atoms with Gasteiger partial charge >= 0.3 is 0 Å². The molecule has 0 aliphatic heterocycles. The lowest BCUT2D eigenvalue weighted by Gasteiger charge is -2.28. The molecule has 27 heavy (non-hydrogen) atoms. The standard InChI is InChI=1S/C19H23ClN2O4S/c1-14-9-10-17(13-18(14)20)26-12-11-21-19(23)15(2)22(27(3,24)25)16-7-5-4-6-8-16/h4-10,13,15H,11-12H2,1-3H3,(H,21,23)/t15-/m0/s1. The summed E-state index contributed by atoms with van der Waals surface area (Å²) < 4.78 is 31.0. The van der Waals surface area contributed by atoms with E-state index in [1.165, 1.54) is 0 Å². The Morgan fingerprint density at radius 3 is 2.48 bits per heavy atom. The number of anilines is 1. The molecule has 2 rings (SSSR count). The quantitative estimate of drug-likeness (QED) is 0.679. The molecule has 1 amide bonds. The van der Waals surface area contributed by atoms with E-state index in [-0.39, 0.29) is 13.2 Å². The maximum atomic E-state index is 12.4. The highest BCUT2D eigenvalue weighted by Crippen LogP contribution is 2.22. The fourth-order valence-electron chi connectivity index (χ4n) is 2.54. The van der Waals surface area contributed by atoms with Crippen LogP contribution in [0.4, 0.5) is 5.69 Å². The third-order valence-electron chi connectivity index (χ3n) is 3.91. The van der Waals surface area contributed by atoms with Gasteiger partial charge in [0.2, 0.25) is 15.9 Å². The maximum Gasteiger partial charge on any atom is 0.243 e. The van der Waals surface area contributed by atoms with E-state index in [4.69, 9.17) is 16.3 Å². The Morgan fingerprint density at radius 1 is 1.22 bits per heavy atom. The average Bonchev–Trinajstić information content (AvgIpc) is 2.61. The number of nitrogens with one attached hydrogen (secondary N) is 1. The predicted molar refractivity (Wildman–Crippen MR) is 108 cm³/mol. The molecule has 0 aliphatic rings. The van der Waals surface area contributed by atoms with Gasteiger partial charge in [-0.05, 0) is 43.7 Å². The van der Waals surface area contributed by atoms with Crippen molar-refractivity contribution < 1.29 is 17.9 Å². The molecule has 0 bridgehead atoms. The van der Waals surface area contributed by atoms with Crippen LogP contribution < -0.4 is 14.4 Å². The van der Waals surface area contributed by atoms with Crippen LogP contribution in [0, 0.1) is 6.92 Å². The van der Waals surface area contributed by atoms with Gasteiger partial charge in [-0.2, -0.15) is 0 Å². The van der Waals surface area contributed by atoms with Gasteiger partial charge in [-0.15, -0.1) is 0 Å². The minimum Gasteiger partial charge on any atom is -0.492 e. The van der Waals surface area contributed by atoms with Gasteiger partial charge < -0.3 is 10.1 Å². The first-order valence-corrected chi connectivity index (χ1v) is 10.6. The van der Waals surface area contributed by atoms with Gasteiger partial charge in [0.15, 0.2) is 0 Å². The van der Waals surface area contributed by atoms with E-state index in [0.717, 1.165) is 16.1 Å². The number of halogens is 1. The van der Waals surface area contributed by atoms with Crippen molar-refractivity contribution in [2.24, 2.45) is 0 Å². The summed E-state index contributed by atoms with van der Waals surface area (Å²) >= 11 is 6.04. The zero-order chi connectivity index (χ0) is 20.0. The van der Waals surface area contributed by atoms with Crippen LogP contribution in [-0.4, -0.2) is 39.8 Å². The number of para-hydroxylation sites is 1. The zero-order valence-electron chi connectivity index (χ0n) is 15.5. The number of carbonyl (C=O) groups excluding carboxylic acids is 1. The molecule has 6 nitrogen and oxygen atoms in total. The first-order valence-electron chi connectivity index (χ1n) is 8.41. The van der Waals surface area contributed by atoms with E-state index >= 15 is 0 Å². The van der Waals surface area contributed by atoms with Gasteiger partial charge in [0, 0.05) is 5.02 Å². The Labute approximate surface area is 165 Å². The molecular weight excluding hydrogens is 388 g/mol. The molecule has 0 saturated carbocycles. The Balaban J connectivity index is 1.94. The summed E-state index contributed by atoms with van der Waals surface area (Å²) in [6, 6.07) is 13.0. The SMILES string of the molecule is Cc1ccc(OCCNC(=O)[C@H](C)N(c2ccccc2)S(C)(=O)=O)cc1Cl. The molecule has 0 heterocycles. The molecule has 1 N–H and O–H groups in total. The van der Waals surface area contributed by atoms with E-state index in [1.807, 2.05) is 13.0 Å². The highest BCUT2D eigenvalue weighted by molar-refractivity contribution is 7.92. The summed E-state index contributed by atoms with van der Waals surface area (Å²) in [4.78, 5) is 12.4. The topological polar surface area (TPSA) is 75.7 Å². The Hall–Kier alpha value is -2.25. The van der Waals surface area contributed by atoms with Crippen LogP contribution in [0.3, 0.4) is 0 Å². The fourth-order valence-corrected chi connectivity index (χ4v) is 3.88. The third-order valence-corrected chi connectivity index (χ3v) is 5.56. The van der Waals surface area contributed by atoms with Crippen LogP contribution >= 0.6 is 11.6 Å². The van der Waals surface area contributed by atoms with Crippen LogP contribution in [0.2, 0.25) is 5.02 Å². The second-order valence-corrected chi connectivity index (χ2v) is 8.39. The molecule has 0 spiro atoms. The smallest absolute Gasteiger partial charge is 0.243 e. The van der Waals surface area contributed by atoms with Crippen LogP contribution in [0.15, 0.2) is 48.5 Å². The highest BCUT2D eigenvalue weighted by Gasteiger charge is 2.28. The Morgan fingerprint density at radius 2 is 1.89 bits per heavy atom. The second-order valence-electron chi connectivity index (χ2n) is 6.12.